The fraction of sp³-hybridized carbons (Fsp3) is 0.278. The molecule has 1 amide bonds. The van der Waals surface area contributed by atoms with Crippen LogP contribution in [-0.4, -0.2) is 28.7 Å². The summed E-state index contributed by atoms with van der Waals surface area (Å²) >= 11 is 1.16. The second kappa shape index (κ2) is 8.51. The molecular formula is C18H18N4O4S. The summed E-state index contributed by atoms with van der Waals surface area (Å²) in [5, 5.41) is 23.4. The minimum absolute atomic E-state index is 0.0315. The fourth-order valence-electron chi connectivity index (χ4n) is 2.36. The van der Waals surface area contributed by atoms with Gasteiger partial charge in [-0.25, -0.2) is 4.98 Å². The number of pyridine rings is 1. The molecule has 27 heavy (non-hydrogen) atoms. The van der Waals surface area contributed by atoms with Crippen molar-refractivity contribution < 1.29 is 14.5 Å². The minimum atomic E-state index is -0.541. The van der Waals surface area contributed by atoms with Crippen LogP contribution in [0.3, 0.4) is 0 Å². The third kappa shape index (κ3) is 4.54. The average Bonchev–Trinajstić information content (AvgIpc) is 2.64. The molecule has 0 aliphatic heterocycles. The first-order chi connectivity index (χ1) is 12.8. The van der Waals surface area contributed by atoms with E-state index in [0.717, 1.165) is 28.6 Å². The lowest BCUT2D eigenvalue weighted by atomic mass is 10.1. The van der Waals surface area contributed by atoms with E-state index < -0.39 is 4.92 Å². The van der Waals surface area contributed by atoms with Crippen LogP contribution in [0.25, 0.3) is 0 Å². The molecule has 0 unspecified atom stereocenters. The molecule has 0 atom stereocenters. The van der Waals surface area contributed by atoms with Crippen molar-refractivity contribution in [2.75, 3.05) is 18.2 Å². The van der Waals surface area contributed by atoms with Gasteiger partial charge in [0.1, 0.15) is 16.8 Å². The number of nitrogens with zero attached hydrogens (tertiary/aromatic N) is 3. The van der Waals surface area contributed by atoms with Gasteiger partial charge >= 0.3 is 0 Å². The number of carbonyl (C=O) groups excluding carboxylic acids is 1. The molecule has 9 heteroatoms. The monoisotopic (exact) mass is 386 g/mol. The van der Waals surface area contributed by atoms with Crippen molar-refractivity contribution in [3.05, 3.63) is 50.7 Å². The highest BCUT2D eigenvalue weighted by atomic mass is 32.2. The summed E-state index contributed by atoms with van der Waals surface area (Å²) in [6.07, 6.45) is 0. The van der Waals surface area contributed by atoms with E-state index in [-0.39, 0.29) is 23.1 Å². The van der Waals surface area contributed by atoms with Crippen LogP contribution < -0.4 is 10.1 Å². The molecule has 0 aliphatic rings. The molecule has 1 aromatic heterocycles. The van der Waals surface area contributed by atoms with E-state index in [1.165, 1.54) is 25.3 Å². The quantitative estimate of drug-likeness (QED) is 0.458. The number of benzene rings is 1. The number of nitriles is 1. The van der Waals surface area contributed by atoms with Gasteiger partial charge < -0.3 is 10.1 Å². The van der Waals surface area contributed by atoms with Crippen molar-refractivity contribution in [2.24, 2.45) is 0 Å². The molecule has 1 N–H and O–H groups in total. The number of thioether (sulfide) groups is 1. The van der Waals surface area contributed by atoms with Crippen molar-refractivity contribution in [1.82, 2.24) is 4.98 Å². The normalized spacial score (nSPS) is 10.2. The number of non-ortho nitro benzene ring substituents is 1. The van der Waals surface area contributed by atoms with Gasteiger partial charge in [0.05, 0.1) is 35.1 Å². The maximum absolute atomic E-state index is 12.3. The van der Waals surface area contributed by atoms with Crippen LogP contribution in [0.1, 0.15) is 22.4 Å². The third-order valence-electron chi connectivity index (χ3n) is 4.09. The summed E-state index contributed by atoms with van der Waals surface area (Å²) in [4.78, 5) is 27.0. The number of hydrogen-bond donors (Lipinski definition) is 1. The van der Waals surface area contributed by atoms with Gasteiger partial charge in [-0.05, 0) is 38.0 Å². The van der Waals surface area contributed by atoms with Gasteiger partial charge in [0.2, 0.25) is 5.91 Å². The maximum atomic E-state index is 12.3. The van der Waals surface area contributed by atoms with Gasteiger partial charge in [0.15, 0.2) is 0 Å². The Morgan fingerprint density at radius 2 is 2.07 bits per heavy atom. The standard InChI is InChI=1S/C18H18N4O4S/c1-10-11(2)14(8-19)18(20-12(10)3)27-9-17(23)21-15-6-5-13(22(24)25)7-16(15)26-4/h5-7H,9H2,1-4H3,(H,21,23). The van der Waals surface area contributed by atoms with Crippen LogP contribution in [0.4, 0.5) is 11.4 Å². The molecular weight excluding hydrogens is 368 g/mol. The summed E-state index contributed by atoms with van der Waals surface area (Å²) in [5.74, 6) is -0.113. The van der Waals surface area contributed by atoms with Crippen LogP contribution in [0, 0.1) is 42.2 Å². The number of rotatable bonds is 6. The highest BCUT2D eigenvalue weighted by Crippen LogP contribution is 2.30. The number of aryl methyl sites for hydroxylation is 1. The summed E-state index contributed by atoms with van der Waals surface area (Å²) in [6, 6.07) is 6.08. The van der Waals surface area contributed by atoms with Gasteiger partial charge in [-0.1, -0.05) is 11.8 Å². The van der Waals surface area contributed by atoms with E-state index in [9.17, 15) is 20.2 Å². The van der Waals surface area contributed by atoms with Crippen LogP contribution in [0.5, 0.6) is 5.75 Å². The lowest BCUT2D eigenvalue weighted by Gasteiger charge is -2.12. The Balaban J connectivity index is 2.14. The lowest BCUT2D eigenvalue weighted by molar-refractivity contribution is -0.384. The SMILES string of the molecule is COc1cc([N+](=O)[O-])ccc1NC(=O)CSc1nc(C)c(C)c(C)c1C#N. The smallest absolute Gasteiger partial charge is 0.273 e. The van der Waals surface area contributed by atoms with Crippen molar-refractivity contribution in [3.8, 4) is 11.8 Å². The molecule has 1 heterocycles. The van der Waals surface area contributed by atoms with Crippen LogP contribution in [0.15, 0.2) is 23.2 Å². The minimum Gasteiger partial charge on any atom is -0.494 e. The number of methoxy groups -OCH3 is 1. The number of ether oxygens (including phenoxy) is 1. The number of amides is 1. The summed E-state index contributed by atoms with van der Waals surface area (Å²) in [7, 11) is 1.37. The molecule has 0 saturated carbocycles. The van der Waals surface area contributed by atoms with Crippen LogP contribution >= 0.6 is 11.8 Å². The molecule has 0 spiro atoms. The number of anilines is 1. The summed E-state index contributed by atoms with van der Waals surface area (Å²) < 4.78 is 5.10. The van der Waals surface area contributed by atoms with E-state index in [0.29, 0.717) is 16.3 Å². The van der Waals surface area contributed by atoms with E-state index >= 15 is 0 Å². The van der Waals surface area contributed by atoms with Crippen molar-refractivity contribution >= 4 is 29.0 Å². The molecule has 140 valence electrons. The lowest BCUT2D eigenvalue weighted by Crippen LogP contribution is -2.15. The number of aromatic nitrogens is 1. The van der Waals surface area contributed by atoms with Crippen molar-refractivity contribution in [3.63, 3.8) is 0 Å². The number of nitro groups is 1. The largest absolute Gasteiger partial charge is 0.494 e. The Kier molecular flexibility index (Phi) is 6.36. The topological polar surface area (TPSA) is 118 Å². The predicted molar refractivity (Wildman–Crippen MR) is 102 cm³/mol. The molecule has 0 fully saturated rings. The Morgan fingerprint density at radius 1 is 1.37 bits per heavy atom. The van der Waals surface area contributed by atoms with E-state index in [4.69, 9.17) is 4.74 Å². The summed E-state index contributed by atoms with van der Waals surface area (Å²) in [6.45, 7) is 5.62. The Morgan fingerprint density at radius 3 is 2.67 bits per heavy atom. The Hall–Kier alpha value is -3.12. The third-order valence-corrected chi connectivity index (χ3v) is 5.06. The van der Waals surface area contributed by atoms with Gasteiger partial charge in [-0.2, -0.15) is 5.26 Å². The number of hydrogen-bond acceptors (Lipinski definition) is 7. The first-order valence-electron chi connectivity index (χ1n) is 7.91. The van der Waals surface area contributed by atoms with E-state index in [2.05, 4.69) is 16.4 Å². The summed E-state index contributed by atoms with van der Waals surface area (Å²) in [5.41, 5.74) is 3.28. The van der Waals surface area contributed by atoms with E-state index in [1.54, 1.807) is 0 Å². The van der Waals surface area contributed by atoms with Gasteiger partial charge in [-0.3, -0.25) is 14.9 Å². The maximum Gasteiger partial charge on any atom is 0.273 e. The van der Waals surface area contributed by atoms with Crippen LogP contribution in [0.2, 0.25) is 0 Å². The zero-order valence-electron chi connectivity index (χ0n) is 15.3. The van der Waals surface area contributed by atoms with E-state index in [1.807, 2.05) is 20.8 Å². The predicted octanol–water partition coefficient (Wildman–Crippen LogP) is 3.53. The van der Waals surface area contributed by atoms with Gasteiger partial charge in [0.25, 0.3) is 5.69 Å². The Bertz CT molecular complexity index is 953. The van der Waals surface area contributed by atoms with Gasteiger partial charge in [0, 0.05) is 11.8 Å². The molecule has 2 aromatic rings. The number of nitrogens with one attached hydrogen (secondary N) is 1. The molecule has 0 radical (unpaired) electrons. The molecule has 0 saturated heterocycles. The first-order valence-corrected chi connectivity index (χ1v) is 8.90. The fourth-order valence-corrected chi connectivity index (χ4v) is 3.25. The van der Waals surface area contributed by atoms with Crippen molar-refractivity contribution in [1.29, 1.82) is 5.26 Å². The second-order valence-corrected chi connectivity index (χ2v) is 6.68. The Labute approximate surface area is 160 Å². The van der Waals surface area contributed by atoms with Gasteiger partial charge in [-0.15, -0.1) is 0 Å². The zero-order valence-corrected chi connectivity index (χ0v) is 16.1. The molecule has 0 aliphatic carbocycles. The molecule has 2 rings (SSSR count). The van der Waals surface area contributed by atoms with Crippen molar-refractivity contribution in [2.45, 2.75) is 25.8 Å². The first kappa shape index (κ1) is 20.2. The highest BCUT2D eigenvalue weighted by molar-refractivity contribution is 8.00. The zero-order chi connectivity index (χ0) is 20.1. The highest BCUT2D eigenvalue weighted by Gasteiger charge is 2.16. The van der Waals surface area contributed by atoms with Crippen LogP contribution in [-0.2, 0) is 4.79 Å². The molecule has 8 nitrogen and oxygen atoms in total. The molecule has 1 aromatic carbocycles. The molecule has 0 bridgehead atoms. The second-order valence-electron chi connectivity index (χ2n) is 5.72. The number of nitro benzene ring substituents is 1. The number of carbonyl (C=O) groups is 1. The average molecular weight is 386 g/mol.